The second kappa shape index (κ2) is 7.11. The van der Waals surface area contributed by atoms with Crippen LogP contribution in [0.25, 0.3) is 0 Å². The van der Waals surface area contributed by atoms with Crippen molar-refractivity contribution >= 4 is 5.91 Å². The van der Waals surface area contributed by atoms with Gasteiger partial charge < -0.3 is 20.5 Å². The van der Waals surface area contributed by atoms with Gasteiger partial charge in [0, 0.05) is 31.4 Å². The van der Waals surface area contributed by atoms with Crippen molar-refractivity contribution in [3.8, 4) is 5.75 Å². The number of amides is 1. The number of ether oxygens (including phenoxy) is 1. The van der Waals surface area contributed by atoms with Crippen LogP contribution in [-0.2, 0) is 16.1 Å². The Morgan fingerprint density at radius 3 is 2.79 bits per heavy atom. The topological polar surface area (TPSA) is 70.6 Å². The van der Waals surface area contributed by atoms with E-state index in [2.05, 4.69) is 10.6 Å². The first-order valence-corrected chi connectivity index (χ1v) is 6.60. The summed E-state index contributed by atoms with van der Waals surface area (Å²) >= 11 is 0. The van der Waals surface area contributed by atoms with E-state index in [0.717, 1.165) is 31.6 Å². The van der Waals surface area contributed by atoms with Gasteiger partial charge in [0.25, 0.3) is 0 Å². The number of nitrogens with one attached hydrogen (secondary N) is 2. The highest BCUT2D eigenvalue weighted by atomic mass is 16.5. The quantitative estimate of drug-likeness (QED) is 0.735. The summed E-state index contributed by atoms with van der Waals surface area (Å²) in [5.41, 5.74) is 0.793. The number of carbonyl (C=O) groups excluding carboxylic acids is 1. The minimum absolute atomic E-state index is 0.0117. The molecule has 0 atom stereocenters. The lowest BCUT2D eigenvalue weighted by Crippen LogP contribution is -2.42. The first kappa shape index (κ1) is 13.8. The maximum absolute atomic E-state index is 11.7. The number of carbonyl (C=O) groups is 1. The van der Waals surface area contributed by atoms with Crippen LogP contribution in [0.1, 0.15) is 18.4 Å². The summed E-state index contributed by atoms with van der Waals surface area (Å²) in [4.78, 5) is 11.7. The molecule has 0 unspecified atom stereocenters. The van der Waals surface area contributed by atoms with Gasteiger partial charge in [0.15, 0.2) is 0 Å². The molecule has 1 heterocycles. The lowest BCUT2D eigenvalue weighted by molar-refractivity contribution is -0.121. The molecular weight excluding hydrogens is 244 g/mol. The van der Waals surface area contributed by atoms with Gasteiger partial charge in [0.1, 0.15) is 5.75 Å². The van der Waals surface area contributed by atoms with E-state index >= 15 is 0 Å². The monoisotopic (exact) mass is 264 g/mol. The van der Waals surface area contributed by atoms with Crippen LogP contribution in [0.3, 0.4) is 0 Å². The van der Waals surface area contributed by atoms with Crippen molar-refractivity contribution in [2.45, 2.75) is 25.4 Å². The van der Waals surface area contributed by atoms with Gasteiger partial charge in [-0.2, -0.15) is 0 Å². The van der Waals surface area contributed by atoms with Gasteiger partial charge in [-0.25, -0.2) is 0 Å². The maximum Gasteiger partial charge on any atom is 0.234 e. The highest BCUT2D eigenvalue weighted by Crippen LogP contribution is 2.14. The van der Waals surface area contributed by atoms with E-state index in [0.29, 0.717) is 6.54 Å². The summed E-state index contributed by atoms with van der Waals surface area (Å²) in [5.74, 6) is 0.238. The van der Waals surface area contributed by atoms with Crippen molar-refractivity contribution in [1.29, 1.82) is 0 Å². The van der Waals surface area contributed by atoms with E-state index in [4.69, 9.17) is 4.74 Å². The molecule has 0 spiro atoms. The summed E-state index contributed by atoms with van der Waals surface area (Å²) in [6.45, 7) is 2.17. The van der Waals surface area contributed by atoms with Gasteiger partial charge in [-0.05, 0) is 18.9 Å². The van der Waals surface area contributed by atoms with Crippen LogP contribution in [-0.4, -0.2) is 36.8 Å². The molecule has 1 fully saturated rings. The first-order chi connectivity index (χ1) is 9.25. The average molecular weight is 264 g/mol. The Hall–Kier alpha value is -1.59. The Labute approximate surface area is 113 Å². The van der Waals surface area contributed by atoms with Gasteiger partial charge in [0.05, 0.1) is 6.54 Å². The molecule has 0 saturated carbocycles. The Balaban J connectivity index is 1.67. The van der Waals surface area contributed by atoms with E-state index < -0.39 is 0 Å². The maximum atomic E-state index is 11.7. The first-order valence-electron chi connectivity index (χ1n) is 6.60. The van der Waals surface area contributed by atoms with E-state index in [9.17, 15) is 9.90 Å². The zero-order chi connectivity index (χ0) is 13.5. The standard InChI is InChI=1S/C14H20N2O3/c17-13-4-2-1-3-11(13)9-15-10-14(18)16-12-5-7-19-8-6-12/h1-4,12,15,17H,5-10H2,(H,16,18). The second-order valence-electron chi connectivity index (χ2n) is 4.69. The Morgan fingerprint density at radius 1 is 1.32 bits per heavy atom. The van der Waals surface area contributed by atoms with Crippen molar-refractivity contribution < 1.29 is 14.6 Å². The predicted molar refractivity (Wildman–Crippen MR) is 71.8 cm³/mol. The Bertz CT molecular complexity index is 417. The number of rotatable bonds is 5. The Morgan fingerprint density at radius 2 is 2.05 bits per heavy atom. The molecule has 1 aromatic carbocycles. The lowest BCUT2D eigenvalue weighted by atomic mass is 10.1. The highest BCUT2D eigenvalue weighted by molar-refractivity contribution is 5.78. The molecule has 2 rings (SSSR count). The van der Waals surface area contributed by atoms with Crippen LogP contribution < -0.4 is 10.6 Å². The summed E-state index contributed by atoms with van der Waals surface area (Å²) in [6, 6.07) is 7.33. The normalized spacial score (nSPS) is 16.2. The summed E-state index contributed by atoms with van der Waals surface area (Å²) < 4.78 is 5.24. The zero-order valence-electron chi connectivity index (χ0n) is 10.9. The lowest BCUT2D eigenvalue weighted by Gasteiger charge is -2.23. The van der Waals surface area contributed by atoms with Crippen molar-refractivity contribution in [3.05, 3.63) is 29.8 Å². The van der Waals surface area contributed by atoms with Gasteiger partial charge in [-0.1, -0.05) is 18.2 Å². The smallest absolute Gasteiger partial charge is 0.234 e. The molecule has 104 valence electrons. The van der Waals surface area contributed by atoms with Crippen LogP contribution in [0.5, 0.6) is 5.75 Å². The number of hydrogen-bond donors (Lipinski definition) is 3. The van der Waals surface area contributed by atoms with Gasteiger partial charge in [0.2, 0.25) is 5.91 Å². The molecule has 1 amide bonds. The predicted octanol–water partition coefficient (Wildman–Crippen LogP) is 0.777. The van der Waals surface area contributed by atoms with Crippen molar-refractivity contribution in [3.63, 3.8) is 0 Å². The third-order valence-electron chi connectivity index (χ3n) is 3.18. The van der Waals surface area contributed by atoms with E-state index in [-0.39, 0.29) is 24.2 Å². The SMILES string of the molecule is O=C(CNCc1ccccc1O)NC1CCOCC1. The zero-order valence-corrected chi connectivity index (χ0v) is 10.9. The number of para-hydroxylation sites is 1. The summed E-state index contributed by atoms with van der Waals surface area (Å²) in [6.07, 6.45) is 1.76. The van der Waals surface area contributed by atoms with Crippen LogP contribution in [0.4, 0.5) is 0 Å². The molecule has 3 N–H and O–H groups in total. The fraction of sp³-hybridized carbons (Fsp3) is 0.500. The van der Waals surface area contributed by atoms with Crippen molar-refractivity contribution in [2.75, 3.05) is 19.8 Å². The minimum atomic E-state index is -0.0117. The minimum Gasteiger partial charge on any atom is -0.508 e. The molecule has 0 aromatic heterocycles. The number of phenols is 1. The average Bonchev–Trinajstić information content (AvgIpc) is 2.42. The largest absolute Gasteiger partial charge is 0.508 e. The number of hydrogen-bond acceptors (Lipinski definition) is 4. The third-order valence-corrected chi connectivity index (χ3v) is 3.18. The second-order valence-corrected chi connectivity index (χ2v) is 4.69. The van der Waals surface area contributed by atoms with Gasteiger partial charge >= 0.3 is 0 Å². The van der Waals surface area contributed by atoms with Crippen LogP contribution in [0, 0.1) is 0 Å². The summed E-state index contributed by atoms with van der Waals surface area (Å²) in [5, 5.41) is 15.6. The van der Waals surface area contributed by atoms with Crippen molar-refractivity contribution in [2.24, 2.45) is 0 Å². The third kappa shape index (κ3) is 4.54. The fourth-order valence-electron chi connectivity index (χ4n) is 2.09. The van der Waals surface area contributed by atoms with Gasteiger partial charge in [-0.15, -0.1) is 0 Å². The van der Waals surface area contributed by atoms with Crippen LogP contribution in [0.2, 0.25) is 0 Å². The van der Waals surface area contributed by atoms with E-state index in [1.807, 2.05) is 12.1 Å². The molecule has 0 bridgehead atoms. The molecule has 1 aliphatic rings. The van der Waals surface area contributed by atoms with Crippen LogP contribution in [0.15, 0.2) is 24.3 Å². The van der Waals surface area contributed by atoms with Crippen molar-refractivity contribution in [1.82, 2.24) is 10.6 Å². The van der Waals surface area contributed by atoms with E-state index in [1.54, 1.807) is 12.1 Å². The molecule has 0 radical (unpaired) electrons. The molecule has 1 saturated heterocycles. The molecule has 0 aliphatic carbocycles. The number of phenolic OH excluding ortho intramolecular Hbond substituents is 1. The molecular formula is C14H20N2O3. The number of aromatic hydroxyl groups is 1. The molecule has 5 nitrogen and oxygen atoms in total. The molecule has 19 heavy (non-hydrogen) atoms. The van der Waals surface area contributed by atoms with Gasteiger partial charge in [-0.3, -0.25) is 4.79 Å². The van der Waals surface area contributed by atoms with Crippen LogP contribution >= 0.6 is 0 Å². The molecule has 5 heteroatoms. The van der Waals surface area contributed by atoms with E-state index in [1.165, 1.54) is 0 Å². The molecule has 1 aliphatic heterocycles. The molecule has 1 aromatic rings. The highest BCUT2D eigenvalue weighted by Gasteiger charge is 2.15. The summed E-state index contributed by atoms with van der Waals surface area (Å²) in [7, 11) is 0. The Kier molecular flexibility index (Phi) is 5.18. The number of benzene rings is 1. The fourth-order valence-corrected chi connectivity index (χ4v) is 2.09.